The van der Waals surface area contributed by atoms with Crippen LogP contribution >= 0.6 is 0 Å². The van der Waals surface area contributed by atoms with Gasteiger partial charge in [0.15, 0.2) is 23.3 Å². The van der Waals surface area contributed by atoms with Gasteiger partial charge in [-0.05, 0) is 6.08 Å². The van der Waals surface area contributed by atoms with Gasteiger partial charge in [0.25, 0.3) is 0 Å². The monoisotopic (exact) mass is 589 g/mol. The summed E-state index contributed by atoms with van der Waals surface area (Å²) in [6.45, 7) is 0. The molecule has 1 radical (unpaired) electrons. The number of benzene rings is 4. The Balaban J connectivity index is 0.000000199. The van der Waals surface area contributed by atoms with E-state index < -0.39 is 60.4 Å². The third-order valence-electron chi connectivity index (χ3n) is 4.82. The Morgan fingerprint density at radius 1 is 0.571 bits per heavy atom. The standard InChI is InChI=1S/C9H3F5O2.3C6H5.Sn/c10-5-3(1-2-4(15)16)6(11)8(13)9(14)7(5)12;3*1-2-4-6-5-3-1;/h1-2H,(H,15,16);3*1-5H;/b2-1+;;;;. The van der Waals surface area contributed by atoms with Crippen molar-refractivity contribution in [3.8, 4) is 0 Å². The van der Waals surface area contributed by atoms with E-state index in [1.807, 2.05) is 0 Å². The van der Waals surface area contributed by atoms with Crippen molar-refractivity contribution in [2.45, 2.75) is 0 Å². The number of rotatable bonds is 5. The van der Waals surface area contributed by atoms with Crippen molar-refractivity contribution in [3.05, 3.63) is 132 Å². The molecule has 0 amide bonds. The molecular formula is C27H18F5O2Sn. The van der Waals surface area contributed by atoms with Crippen molar-refractivity contribution in [2.75, 3.05) is 0 Å². The van der Waals surface area contributed by atoms with Gasteiger partial charge in [-0.1, -0.05) is 0 Å². The fourth-order valence-corrected chi connectivity index (χ4v) is 10.6. The van der Waals surface area contributed by atoms with E-state index in [9.17, 15) is 26.7 Å². The molecule has 0 atom stereocenters. The van der Waals surface area contributed by atoms with Crippen molar-refractivity contribution in [2.24, 2.45) is 0 Å². The molecule has 2 nitrogen and oxygen atoms in total. The third-order valence-corrected chi connectivity index (χ3v) is 12.6. The van der Waals surface area contributed by atoms with Crippen LogP contribution in [-0.4, -0.2) is 30.8 Å². The Labute approximate surface area is 205 Å². The second-order valence-corrected chi connectivity index (χ2v) is 14.2. The second kappa shape index (κ2) is 12.3. The number of carboxylic acids is 1. The quantitative estimate of drug-likeness (QED) is 0.121. The summed E-state index contributed by atoms with van der Waals surface area (Å²) >= 11 is -1.98. The molecular weight excluding hydrogens is 570 g/mol. The summed E-state index contributed by atoms with van der Waals surface area (Å²) in [6.07, 6.45) is 0.552. The van der Waals surface area contributed by atoms with Crippen molar-refractivity contribution in [1.82, 2.24) is 0 Å². The molecule has 0 unspecified atom stereocenters. The summed E-state index contributed by atoms with van der Waals surface area (Å²) in [5.41, 5.74) is -1.29. The predicted octanol–water partition coefficient (Wildman–Crippen LogP) is 4.68. The number of carbonyl (C=O) groups is 1. The van der Waals surface area contributed by atoms with Crippen LogP contribution < -0.4 is 10.7 Å². The first-order valence-corrected chi connectivity index (χ1v) is 14.5. The zero-order valence-electron chi connectivity index (χ0n) is 18.1. The van der Waals surface area contributed by atoms with Gasteiger partial charge in [0.2, 0.25) is 5.82 Å². The molecule has 0 bridgehead atoms. The molecule has 35 heavy (non-hydrogen) atoms. The molecule has 4 aromatic carbocycles. The molecule has 0 aliphatic heterocycles. The van der Waals surface area contributed by atoms with E-state index in [0.717, 1.165) is 0 Å². The van der Waals surface area contributed by atoms with Gasteiger partial charge in [-0.15, -0.1) is 0 Å². The summed E-state index contributed by atoms with van der Waals surface area (Å²) in [4.78, 5) is 10.0. The molecule has 1 N–H and O–H groups in total. The maximum absolute atomic E-state index is 12.9. The van der Waals surface area contributed by atoms with E-state index in [0.29, 0.717) is 6.08 Å². The summed E-state index contributed by atoms with van der Waals surface area (Å²) in [5, 5.41) is 8.16. The van der Waals surface area contributed by atoms with Gasteiger partial charge in [0.1, 0.15) is 0 Å². The zero-order valence-corrected chi connectivity index (χ0v) is 20.9. The van der Waals surface area contributed by atoms with E-state index in [1.165, 1.54) is 10.7 Å². The molecule has 0 aliphatic carbocycles. The predicted molar refractivity (Wildman–Crippen MR) is 127 cm³/mol. The molecule has 0 aliphatic rings. The number of halogens is 5. The van der Waals surface area contributed by atoms with Gasteiger partial charge in [-0.2, -0.15) is 0 Å². The molecule has 4 aromatic rings. The summed E-state index contributed by atoms with van der Waals surface area (Å²) in [6, 6.07) is 32.9. The molecule has 0 aromatic heterocycles. The van der Waals surface area contributed by atoms with Crippen molar-refractivity contribution in [1.29, 1.82) is 0 Å². The summed E-state index contributed by atoms with van der Waals surface area (Å²) in [7, 11) is 0. The molecule has 0 fully saturated rings. The van der Waals surface area contributed by atoms with Crippen LogP contribution in [0.3, 0.4) is 0 Å². The number of hydrogen-bond donors (Lipinski definition) is 1. The van der Waals surface area contributed by atoms with Crippen molar-refractivity contribution >= 4 is 42.5 Å². The maximum atomic E-state index is 12.9. The van der Waals surface area contributed by atoms with Crippen LogP contribution in [0.15, 0.2) is 97.1 Å². The van der Waals surface area contributed by atoms with Crippen molar-refractivity contribution in [3.63, 3.8) is 0 Å². The van der Waals surface area contributed by atoms with Crippen LogP contribution in [-0.2, 0) is 4.79 Å². The molecule has 0 heterocycles. The SMILES string of the molecule is O=C(O)/C=C/c1c(F)c(F)c(F)c(F)c1F.c1cc[c]([Sn]([c]2ccccc2)[c]2ccccc2)cc1. The number of hydrogen-bond acceptors (Lipinski definition) is 1. The normalized spacial score (nSPS) is 10.8. The average molecular weight is 588 g/mol. The van der Waals surface area contributed by atoms with Crippen LogP contribution in [0.5, 0.6) is 0 Å². The Morgan fingerprint density at radius 2 is 0.886 bits per heavy atom. The molecule has 0 saturated heterocycles. The first-order chi connectivity index (χ1) is 16.8. The van der Waals surface area contributed by atoms with Crippen molar-refractivity contribution < 1.29 is 31.9 Å². The number of carboxylic acid groups (broad SMARTS) is 1. The minimum absolute atomic E-state index is 0.262. The Bertz CT molecular complexity index is 1190. The molecule has 177 valence electrons. The van der Waals surface area contributed by atoms with Crippen LogP contribution in [0.25, 0.3) is 6.08 Å². The summed E-state index contributed by atoms with van der Waals surface area (Å²) in [5.74, 6) is -12.3. The van der Waals surface area contributed by atoms with E-state index in [1.54, 1.807) is 0 Å². The van der Waals surface area contributed by atoms with Gasteiger partial charge < -0.3 is 5.11 Å². The Hall–Kier alpha value is -3.46. The van der Waals surface area contributed by atoms with Gasteiger partial charge in [-0.3, -0.25) is 0 Å². The topological polar surface area (TPSA) is 37.3 Å². The van der Waals surface area contributed by atoms with Crippen LogP contribution in [0.2, 0.25) is 0 Å². The Morgan fingerprint density at radius 3 is 1.20 bits per heavy atom. The minimum atomic E-state index is -2.29. The van der Waals surface area contributed by atoms with E-state index in [4.69, 9.17) is 5.11 Å². The zero-order chi connectivity index (χ0) is 25.4. The first kappa shape index (κ1) is 26.1. The van der Waals surface area contributed by atoms with Crippen LogP contribution in [0.1, 0.15) is 5.56 Å². The van der Waals surface area contributed by atoms with Gasteiger partial charge in [0, 0.05) is 6.08 Å². The van der Waals surface area contributed by atoms with Crippen LogP contribution in [0, 0.1) is 29.1 Å². The van der Waals surface area contributed by atoms with E-state index in [-0.39, 0.29) is 6.08 Å². The van der Waals surface area contributed by atoms with Gasteiger partial charge >= 0.3 is 127 Å². The fraction of sp³-hybridized carbons (Fsp3) is 0. The molecule has 0 saturated carbocycles. The van der Waals surface area contributed by atoms with E-state index >= 15 is 0 Å². The fourth-order valence-electron chi connectivity index (χ4n) is 3.24. The van der Waals surface area contributed by atoms with Crippen LogP contribution in [0.4, 0.5) is 22.0 Å². The molecule has 0 spiro atoms. The first-order valence-electron chi connectivity index (χ1n) is 10.3. The number of aliphatic carboxylic acids is 1. The second-order valence-electron chi connectivity index (χ2n) is 7.13. The van der Waals surface area contributed by atoms with E-state index in [2.05, 4.69) is 91.0 Å². The van der Waals surface area contributed by atoms with Gasteiger partial charge in [0.05, 0.1) is 5.56 Å². The third kappa shape index (κ3) is 6.57. The summed E-state index contributed by atoms with van der Waals surface area (Å²) < 4.78 is 68.1. The molecule has 4 rings (SSSR count). The van der Waals surface area contributed by atoms with Gasteiger partial charge in [-0.25, -0.2) is 26.7 Å². The molecule has 8 heteroatoms. The average Bonchev–Trinajstić information content (AvgIpc) is 2.89. The Kier molecular flexibility index (Phi) is 9.19.